The lowest BCUT2D eigenvalue weighted by Gasteiger charge is -2.54. The van der Waals surface area contributed by atoms with E-state index in [2.05, 4.69) is 25.2 Å². The van der Waals surface area contributed by atoms with Crippen molar-refractivity contribution in [3.05, 3.63) is 24.3 Å². The summed E-state index contributed by atoms with van der Waals surface area (Å²) < 4.78 is 0. The van der Waals surface area contributed by atoms with E-state index in [9.17, 15) is 9.90 Å². The Kier molecular flexibility index (Phi) is 3.66. The molecular weight excluding hydrogens is 272 g/mol. The molecule has 8 unspecified atom stereocenters. The second-order valence-corrected chi connectivity index (χ2v) is 8.02. The molecule has 0 amide bonds. The van der Waals surface area contributed by atoms with Crippen molar-refractivity contribution in [1.29, 1.82) is 0 Å². The van der Waals surface area contributed by atoms with Gasteiger partial charge >= 0.3 is 5.97 Å². The Morgan fingerprint density at radius 2 is 1.86 bits per heavy atom. The quantitative estimate of drug-likeness (QED) is 0.578. The number of unbranched alkanes of at least 4 members (excludes halogenated alkanes) is 3. The van der Waals surface area contributed by atoms with Crippen LogP contribution in [0.2, 0.25) is 0 Å². The van der Waals surface area contributed by atoms with Gasteiger partial charge < -0.3 is 5.11 Å². The highest BCUT2D eigenvalue weighted by Gasteiger charge is 2.62. The summed E-state index contributed by atoms with van der Waals surface area (Å²) in [6, 6.07) is 0. The van der Waals surface area contributed by atoms with Crippen molar-refractivity contribution < 1.29 is 9.90 Å². The minimum Gasteiger partial charge on any atom is -0.481 e. The highest BCUT2D eigenvalue weighted by molar-refractivity contribution is 5.73. The summed E-state index contributed by atoms with van der Waals surface area (Å²) >= 11 is 0. The molecule has 2 heteroatoms. The fraction of sp³-hybridized carbons (Fsp3) is 0.750. The van der Waals surface area contributed by atoms with Gasteiger partial charge in [-0.3, -0.25) is 4.79 Å². The van der Waals surface area contributed by atoms with Gasteiger partial charge in [0.25, 0.3) is 0 Å². The third-order valence-electron chi connectivity index (χ3n) is 7.12. The molecule has 0 aromatic rings. The Labute approximate surface area is 133 Å². The van der Waals surface area contributed by atoms with Crippen LogP contribution >= 0.6 is 0 Å². The molecule has 120 valence electrons. The van der Waals surface area contributed by atoms with Gasteiger partial charge in [0.2, 0.25) is 0 Å². The molecule has 8 atom stereocenters. The lowest BCUT2D eigenvalue weighted by atomic mass is 9.50. The lowest BCUT2D eigenvalue weighted by Crippen LogP contribution is -2.50. The number of carbonyl (C=O) groups is 1. The van der Waals surface area contributed by atoms with Gasteiger partial charge in [0, 0.05) is 0 Å². The number of hydrogen-bond acceptors (Lipinski definition) is 1. The van der Waals surface area contributed by atoms with Gasteiger partial charge in [0.05, 0.1) is 5.92 Å². The van der Waals surface area contributed by atoms with E-state index < -0.39 is 5.97 Å². The lowest BCUT2D eigenvalue weighted by molar-refractivity contribution is -0.143. The molecular formula is C20H28O2. The number of rotatable bonds is 6. The standard InChI is InChI=1S/C20H28O2/c1-2-3-4-5-6-13-14-9-10-15-16(20(21)22)8-7-12-11-17(13)19(14)18(12)15/h7-10,12-19H,2-6,11H2,1H3,(H,21,22). The maximum absolute atomic E-state index is 11.5. The van der Waals surface area contributed by atoms with E-state index in [1.807, 2.05) is 6.08 Å². The van der Waals surface area contributed by atoms with Crippen molar-refractivity contribution in [2.24, 2.45) is 47.3 Å². The SMILES string of the molecule is CCCCCCC1C2C=CC3C(C(=O)O)C=CC4CC1C2C43. The predicted molar refractivity (Wildman–Crippen MR) is 87.2 cm³/mol. The molecule has 0 bridgehead atoms. The van der Waals surface area contributed by atoms with Crippen molar-refractivity contribution in [2.75, 3.05) is 0 Å². The summed E-state index contributed by atoms with van der Waals surface area (Å²) in [5.74, 6) is 3.96. The number of carboxylic acid groups (broad SMARTS) is 1. The van der Waals surface area contributed by atoms with E-state index in [1.54, 1.807) is 0 Å². The van der Waals surface area contributed by atoms with Crippen LogP contribution in [0, 0.1) is 47.3 Å². The van der Waals surface area contributed by atoms with E-state index >= 15 is 0 Å². The fourth-order valence-corrected chi connectivity index (χ4v) is 6.24. The monoisotopic (exact) mass is 300 g/mol. The van der Waals surface area contributed by atoms with Gasteiger partial charge in [-0.05, 0) is 54.3 Å². The van der Waals surface area contributed by atoms with E-state index in [1.165, 1.54) is 38.5 Å². The Balaban J connectivity index is 1.49. The molecule has 0 heterocycles. The van der Waals surface area contributed by atoms with E-state index in [4.69, 9.17) is 0 Å². The number of aliphatic carboxylic acids is 1. The molecule has 22 heavy (non-hydrogen) atoms. The van der Waals surface area contributed by atoms with Crippen molar-refractivity contribution in [3.63, 3.8) is 0 Å². The maximum Gasteiger partial charge on any atom is 0.310 e. The van der Waals surface area contributed by atoms with Crippen molar-refractivity contribution in [1.82, 2.24) is 0 Å². The average molecular weight is 300 g/mol. The smallest absolute Gasteiger partial charge is 0.310 e. The molecule has 4 aliphatic rings. The fourth-order valence-electron chi connectivity index (χ4n) is 6.24. The van der Waals surface area contributed by atoms with E-state index in [0.29, 0.717) is 11.8 Å². The van der Waals surface area contributed by atoms with Gasteiger partial charge in [-0.1, -0.05) is 56.9 Å². The van der Waals surface area contributed by atoms with Crippen LogP contribution in [-0.2, 0) is 4.79 Å². The molecule has 2 fully saturated rings. The molecule has 0 aliphatic heterocycles. The predicted octanol–water partition coefficient (Wildman–Crippen LogP) is 4.53. The number of allylic oxidation sites excluding steroid dienone is 3. The van der Waals surface area contributed by atoms with Crippen LogP contribution in [0.5, 0.6) is 0 Å². The summed E-state index contributed by atoms with van der Waals surface area (Å²) in [6.07, 6.45) is 17.1. The first-order valence-electron chi connectivity index (χ1n) is 9.31. The molecule has 2 nitrogen and oxygen atoms in total. The Hall–Kier alpha value is -1.05. The van der Waals surface area contributed by atoms with Crippen LogP contribution in [0.4, 0.5) is 0 Å². The zero-order valence-electron chi connectivity index (χ0n) is 13.5. The first kappa shape index (κ1) is 14.5. The Morgan fingerprint density at radius 3 is 2.64 bits per heavy atom. The highest BCUT2D eigenvalue weighted by atomic mass is 16.4. The summed E-state index contributed by atoms with van der Waals surface area (Å²) in [5, 5.41) is 9.48. The van der Waals surface area contributed by atoms with Crippen molar-refractivity contribution in [3.8, 4) is 0 Å². The van der Waals surface area contributed by atoms with Gasteiger partial charge in [0.15, 0.2) is 0 Å². The van der Waals surface area contributed by atoms with Gasteiger partial charge in [-0.2, -0.15) is 0 Å². The molecule has 2 saturated carbocycles. The van der Waals surface area contributed by atoms with Crippen molar-refractivity contribution >= 4 is 5.97 Å². The third-order valence-corrected chi connectivity index (χ3v) is 7.12. The second-order valence-electron chi connectivity index (χ2n) is 8.02. The minimum atomic E-state index is -0.637. The summed E-state index contributed by atoms with van der Waals surface area (Å²) in [7, 11) is 0. The molecule has 0 saturated heterocycles. The van der Waals surface area contributed by atoms with Crippen LogP contribution in [0.1, 0.15) is 45.4 Å². The third kappa shape index (κ3) is 2.02. The highest BCUT2D eigenvalue weighted by Crippen LogP contribution is 2.67. The molecule has 4 aliphatic carbocycles. The first-order valence-corrected chi connectivity index (χ1v) is 9.31. The average Bonchev–Trinajstić information content (AvgIpc) is 2.85. The van der Waals surface area contributed by atoms with Crippen LogP contribution in [-0.4, -0.2) is 11.1 Å². The minimum absolute atomic E-state index is 0.264. The number of hydrogen-bond donors (Lipinski definition) is 1. The van der Waals surface area contributed by atoms with E-state index in [-0.39, 0.29) is 11.8 Å². The summed E-state index contributed by atoms with van der Waals surface area (Å²) in [4.78, 5) is 11.5. The second kappa shape index (κ2) is 5.54. The Morgan fingerprint density at radius 1 is 1.05 bits per heavy atom. The first-order chi connectivity index (χ1) is 10.7. The van der Waals surface area contributed by atoms with Gasteiger partial charge in [-0.25, -0.2) is 0 Å². The van der Waals surface area contributed by atoms with Gasteiger partial charge in [0.1, 0.15) is 0 Å². The zero-order chi connectivity index (χ0) is 15.3. The molecule has 0 aromatic heterocycles. The van der Waals surface area contributed by atoms with Crippen LogP contribution in [0.3, 0.4) is 0 Å². The number of carboxylic acids is 1. The van der Waals surface area contributed by atoms with Gasteiger partial charge in [-0.15, -0.1) is 0 Å². The summed E-state index contributed by atoms with van der Waals surface area (Å²) in [5.41, 5.74) is 0. The molecule has 0 spiro atoms. The van der Waals surface area contributed by atoms with Crippen LogP contribution in [0.15, 0.2) is 24.3 Å². The van der Waals surface area contributed by atoms with Crippen molar-refractivity contribution in [2.45, 2.75) is 45.4 Å². The zero-order valence-corrected chi connectivity index (χ0v) is 13.5. The maximum atomic E-state index is 11.5. The van der Waals surface area contributed by atoms with E-state index in [0.717, 1.165) is 23.7 Å². The molecule has 4 rings (SSSR count). The largest absolute Gasteiger partial charge is 0.481 e. The topological polar surface area (TPSA) is 37.3 Å². The molecule has 0 radical (unpaired) electrons. The van der Waals surface area contributed by atoms with Crippen LogP contribution in [0.25, 0.3) is 0 Å². The Bertz CT molecular complexity index is 506. The summed E-state index contributed by atoms with van der Waals surface area (Å²) in [6.45, 7) is 2.27. The molecule has 0 aromatic carbocycles. The van der Waals surface area contributed by atoms with Crippen LogP contribution < -0.4 is 0 Å². The normalized spacial score (nSPS) is 47.1. The molecule has 1 N–H and O–H groups in total.